The number of anilines is 1. The predicted octanol–water partition coefficient (Wildman–Crippen LogP) is 2.70. The van der Waals surface area contributed by atoms with E-state index >= 15 is 0 Å². The van der Waals surface area contributed by atoms with Crippen LogP contribution in [0.3, 0.4) is 0 Å². The van der Waals surface area contributed by atoms with Gasteiger partial charge in [-0.1, -0.05) is 18.2 Å². The van der Waals surface area contributed by atoms with Gasteiger partial charge in [0.15, 0.2) is 0 Å². The molecule has 32 heavy (non-hydrogen) atoms. The Morgan fingerprint density at radius 1 is 1.12 bits per heavy atom. The van der Waals surface area contributed by atoms with Crippen molar-refractivity contribution in [3.63, 3.8) is 0 Å². The molecule has 2 aliphatic rings. The van der Waals surface area contributed by atoms with Crippen molar-refractivity contribution < 1.29 is 23.9 Å². The Hall–Kier alpha value is -3.10. The lowest BCUT2D eigenvalue weighted by Gasteiger charge is -2.34. The summed E-state index contributed by atoms with van der Waals surface area (Å²) in [6.07, 6.45) is 1.11. The molecule has 1 aromatic rings. The molecule has 3 rings (SSSR count). The molecule has 0 aromatic heterocycles. The number of carbonyl (C=O) groups is 3. The molecule has 9 heteroatoms. The number of nitrogens with zero attached hydrogens (tertiary/aromatic N) is 3. The third-order valence-corrected chi connectivity index (χ3v) is 5.24. The van der Waals surface area contributed by atoms with Crippen LogP contribution in [0.5, 0.6) is 0 Å². The molecular weight excluding hydrogens is 412 g/mol. The van der Waals surface area contributed by atoms with Gasteiger partial charge in [0, 0.05) is 25.6 Å². The second-order valence-electron chi connectivity index (χ2n) is 8.92. The fourth-order valence-electron chi connectivity index (χ4n) is 3.70. The maximum absolute atomic E-state index is 13.1. The molecule has 2 heterocycles. The Labute approximate surface area is 188 Å². The summed E-state index contributed by atoms with van der Waals surface area (Å²) in [5.74, 6) is -0.706. The number of nitrogens with one attached hydrogen (secondary N) is 1. The van der Waals surface area contributed by atoms with Crippen LogP contribution >= 0.6 is 0 Å². The second kappa shape index (κ2) is 10.0. The minimum absolute atomic E-state index is 0.0644. The first-order valence-corrected chi connectivity index (χ1v) is 11.0. The highest BCUT2D eigenvalue weighted by molar-refractivity contribution is 6.38. The first kappa shape index (κ1) is 23.6. The van der Waals surface area contributed by atoms with Gasteiger partial charge >= 0.3 is 12.1 Å². The van der Waals surface area contributed by atoms with Gasteiger partial charge in [-0.05, 0) is 52.7 Å². The van der Waals surface area contributed by atoms with E-state index in [0.717, 1.165) is 5.69 Å². The number of esters is 1. The van der Waals surface area contributed by atoms with Crippen molar-refractivity contribution in [3.05, 3.63) is 30.3 Å². The average Bonchev–Trinajstić information content (AvgIpc) is 3.20. The van der Waals surface area contributed by atoms with Crippen molar-refractivity contribution >= 4 is 29.4 Å². The molecular formula is C23H32N4O5. The van der Waals surface area contributed by atoms with Gasteiger partial charge < -0.3 is 19.7 Å². The predicted molar refractivity (Wildman–Crippen MR) is 120 cm³/mol. The van der Waals surface area contributed by atoms with E-state index in [1.807, 2.05) is 51.1 Å². The number of carbonyl (C=O) groups excluding carboxylic acids is 3. The van der Waals surface area contributed by atoms with E-state index < -0.39 is 17.6 Å². The van der Waals surface area contributed by atoms with E-state index in [1.165, 1.54) is 0 Å². The lowest BCUT2D eigenvalue weighted by molar-refractivity contribution is -0.135. The Bertz CT molecular complexity index is 857. The number of rotatable bonds is 5. The van der Waals surface area contributed by atoms with Crippen LogP contribution < -0.4 is 10.3 Å². The highest BCUT2D eigenvalue weighted by Gasteiger charge is 2.38. The number of para-hydroxylation sites is 1. The number of hydrogen-bond acceptors (Lipinski definition) is 7. The number of ether oxygens (including phenoxy) is 2. The fraction of sp³-hybridized carbons (Fsp3) is 0.565. The van der Waals surface area contributed by atoms with Crippen molar-refractivity contribution in [2.75, 3.05) is 24.7 Å². The van der Waals surface area contributed by atoms with E-state index in [4.69, 9.17) is 9.47 Å². The molecule has 2 aliphatic heterocycles. The van der Waals surface area contributed by atoms with Gasteiger partial charge in [0.05, 0.1) is 12.3 Å². The number of piperidine rings is 1. The molecule has 1 unspecified atom stereocenters. The molecule has 1 atom stereocenters. The standard InChI is InChI=1S/C23H32N4O5/c1-5-31-21(29)18-15-19(27(25-18)17-9-7-6-8-10-17)20(28)24-16-11-13-26(14-12-16)22(30)32-23(2,3)4/h6-10,16,19H,5,11-15H2,1-4H3,(H,24,28). The SMILES string of the molecule is CCOC(=O)C1=NN(c2ccccc2)C(C(=O)NC2CCN(C(=O)OC(C)(C)C)CC2)C1. The number of hydrazone groups is 1. The first-order valence-electron chi connectivity index (χ1n) is 11.0. The molecule has 174 valence electrons. The monoisotopic (exact) mass is 444 g/mol. The Morgan fingerprint density at radius 3 is 2.38 bits per heavy atom. The van der Waals surface area contributed by atoms with Gasteiger partial charge in [-0.3, -0.25) is 9.80 Å². The maximum Gasteiger partial charge on any atom is 0.410 e. The van der Waals surface area contributed by atoms with Gasteiger partial charge in [0.2, 0.25) is 5.91 Å². The molecule has 0 bridgehead atoms. The van der Waals surface area contributed by atoms with Crippen molar-refractivity contribution in [1.82, 2.24) is 10.2 Å². The summed E-state index contributed by atoms with van der Waals surface area (Å²) in [4.78, 5) is 39.3. The van der Waals surface area contributed by atoms with Crippen molar-refractivity contribution in [2.24, 2.45) is 5.10 Å². The molecule has 1 saturated heterocycles. The number of amides is 2. The zero-order valence-electron chi connectivity index (χ0n) is 19.2. The fourth-order valence-corrected chi connectivity index (χ4v) is 3.70. The van der Waals surface area contributed by atoms with Gasteiger partial charge in [0.25, 0.3) is 0 Å². The molecule has 0 spiro atoms. The van der Waals surface area contributed by atoms with Gasteiger partial charge in [-0.2, -0.15) is 5.10 Å². The molecule has 0 radical (unpaired) electrons. The van der Waals surface area contributed by atoms with Crippen LogP contribution in [-0.4, -0.2) is 66.0 Å². The highest BCUT2D eigenvalue weighted by atomic mass is 16.6. The topological polar surface area (TPSA) is 101 Å². The quantitative estimate of drug-likeness (QED) is 0.701. The molecule has 0 aliphatic carbocycles. The third kappa shape index (κ3) is 5.99. The summed E-state index contributed by atoms with van der Waals surface area (Å²) in [5, 5.41) is 9.04. The summed E-state index contributed by atoms with van der Waals surface area (Å²) in [6, 6.07) is 8.58. The lowest BCUT2D eigenvalue weighted by atomic mass is 10.0. The van der Waals surface area contributed by atoms with Gasteiger partial charge in [-0.15, -0.1) is 0 Å². The smallest absolute Gasteiger partial charge is 0.410 e. The van der Waals surface area contributed by atoms with Gasteiger partial charge in [0.1, 0.15) is 17.4 Å². The van der Waals surface area contributed by atoms with E-state index in [0.29, 0.717) is 25.9 Å². The Balaban J connectivity index is 1.61. The second-order valence-corrected chi connectivity index (χ2v) is 8.92. The van der Waals surface area contributed by atoms with Crippen LogP contribution in [0.15, 0.2) is 35.4 Å². The van der Waals surface area contributed by atoms with Crippen LogP contribution in [0.4, 0.5) is 10.5 Å². The molecule has 1 N–H and O–H groups in total. The maximum atomic E-state index is 13.1. The number of likely N-dealkylation sites (tertiary alicyclic amines) is 1. The zero-order chi connectivity index (χ0) is 23.3. The van der Waals surface area contributed by atoms with Gasteiger partial charge in [-0.25, -0.2) is 9.59 Å². The average molecular weight is 445 g/mol. The highest BCUT2D eigenvalue weighted by Crippen LogP contribution is 2.25. The Kier molecular flexibility index (Phi) is 7.37. The molecule has 1 aromatic carbocycles. The van der Waals surface area contributed by atoms with Crippen LogP contribution in [0.2, 0.25) is 0 Å². The summed E-state index contributed by atoms with van der Waals surface area (Å²) < 4.78 is 10.5. The van der Waals surface area contributed by atoms with Crippen LogP contribution in [0.25, 0.3) is 0 Å². The summed E-state index contributed by atoms with van der Waals surface area (Å²) in [5.41, 5.74) is 0.421. The van der Waals surface area contributed by atoms with E-state index in [9.17, 15) is 14.4 Å². The number of benzene rings is 1. The minimum Gasteiger partial charge on any atom is -0.461 e. The summed E-state index contributed by atoms with van der Waals surface area (Å²) >= 11 is 0. The summed E-state index contributed by atoms with van der Waals surface area (Å²) in [7, 11) is 0. The first-order chi connectivity index (χ1) is 15.2. The van der Waals surface area contributed by atoms with E-state index in [-0.39, 0.29) is 36.8 Å². The van der Waals surface area contributed by atoms with Crippen LogP contribution in [0.1, 0.15) is 47.0 Å². The third-order valence-electron chi connectivity index (χ3n) is 5.24. The lowest BCUT2D eigenvalue weighted by Crippen LogP contribution is -2.51. The van der Waals surface area contributed by atoms with Crippen LogP contribution in [0, 0.1) is 0 Å². The molecule has 9 nitrogen and oxygen atoms in total. The number of hydrogen-bond donors (Lipinski definition) is 1. The van der Waals surface area contributed by atoms with Crippen molar-refractivity contribution in [3.8, 4) is 0 Å². The molecule has 0 saturated carbocycles. The minimum atomic E-state index is -0.638. The van der Waals surface area contributed by atoms with E-state index in [2.05, 4.69) is 10.4 Å². The molecule has 2 amide bonds. The van der Waals surface area contributed by atoms with Crippen molar-refractivity contribution in [1.29, 1.82) is 0 Å². The zero-order valence-corrected chi connectivity index (χ0v) is 19.2. The van der Waals surface area contributed by atoms with Crippen LogP contribution in [-0.2, 0) is 19.1 Å². The normalized spacial score (nSPS) is 19.4. The summed E-state index contributed by atoms with van der Waals surface area (Å²) in [6.45, 7) is 8.52. The Morgan fingerprint density at radius 2 is 1.78 bits per heavy atom. The van der Waals surface area contributed by atoms with Crippen molar-refractivity contribution in [2.45, 2.75) is 64.6 Å². The molecule has 1 fully saturated rings. The largest absolute Gasteiger partial charge is 0.461 e. The van der Waals surface area contributed by atoms with E-state index in [1.54, 1.807) is 16.8 Å².